The van der Waals surface area contributed by atoms with E-state index in [4.69, 9.17) is 9.52 Å². The molecule has 1 aromatic heterocycles. The van der Waals surface area contributed by atoms with Crippen molar-refractivity contribution in [3.63, 3.8) is 0 Å². The van der Waals surface area contributed by atoms with Crippen LogP contribution in [0.5, 0.6) is 0 Å². The number of hydrogen-bond donors (Lipinski definition) is 2. The lowest BCUT2D eigenvalue weighted by Gasteiger charge is -2.04. The van der Waals surface area contributed by atoms with Gasteiger partial charge in [0.15, 0.2) is 5.58 Å². The first kappa shape index (κ1) is 10.8. The number of rotatable bonds is 4. The van der Waals surface area contributed by atoms with Gasteiger partial charge in [0, 0.05) is 32.0 Å². The lowest BCUT2D eigenvalue weighted by molar-refractivity contribution is 0.292. The second kappa shape index (κ2) is 4.40. The fraction of sp³-hybridized carbons (Fsp3) is 0.364. The number of aliphatic hydroxyl groups is 1. The van der Waals surface area contributed by atoms with Crippen molar-refractivity contribution in [3.8, 4) is 0 Å². The molecule has 86 valence electrons. The maximum Gasteiger partial charge on any atom is 0.419 e. The first-order valence-corrected chi connectivity index (χ1v) is 5.16. The third-order valence-corrected chi connectivity index (χ3v) is 2.46. The molecule has 0 saturated heterocycles. The molecule has 5 nitrogen and oxygen atoms in total. The highest BCUT2D eigenvalue weighted by Crippen LogP contribution is 2.17. The normalized spacial score (nSPS) is 10.9. The minimum Gasteiger partial charge on any atom is -0.408 e. The Morgan fingerprint density at radius 2 is 2.31 bits per heavy atom. The fourth-order valence-electron chi connectivity index (χ4n) is 1.56. The average Bonchev–Trinajstić information content (AvgIpc) is 2.55. The van der Waals surface area contributed by atoms with Crippen LogP contribution in [0.25, 0.3) is 11.1 Å². The molecule has 0 atom stereocenters. The highest BCUT2D eigenvalue weighted by atomic mass is 16.4. The molecule has 0 amide bonds. The third-order valence-electron chi connectivity index (χ3n) is 2.46. The molecule has 0 fully saturated rings. The maximum atomic E-state index is 11.3. The summed E-state index contributed by atoms with van der Waals surface area (Å²) >= 11 is 0. The van der Waals surface area contributed by atoms with E-state index in [2.05, 4.69) is 5.32 Å². The summed E-state index contributed by atoms with van der Waals surface area (Å²) in [7, 11) is 1.67. The molecule has 5 heteroatoms. The molecule has 0 saturated carbocycles. The zero-order valence-electron chi connectivity index (χ0n) is 9.06. The molecule has 0 aliphatic carbocycles. The predicted molar refractivity (Wildman–Crippen MR) is 61.6 cm³/mol. The molecule has 0 aliphatic heterocycles. The molecule has 1 heterocycles. The SMILES string of the molecule is Cn1c(=O)oc2cc(NCCCO)ccc21. The fourth-order valence-corrected chi connectivity index (χ4v) is 1.56. The number of oxazole rings is 1. The van der Waals surface area contributed by atoms with Gasteiger partial charge in [0.2, 0.25) is 0 Å². The summed E-state index contributed by atoms with van der Waals surface area (Å²) in [5, 5.41) is 11.8. The molecule has 0 unspecified atom stereocenters. The van der Waals surface area contributed by atoms with Crippen LogP contribution in [0, 0.1) is 0 Å². The van der Waals surface area contributed by atoms with Gasteiger partial charge in [-0.3, -0.25) is 4.57 Å². The van der Waals surface area contributed by atoms with Crippen molar-refractivity contribution in [1.29, 1.82) is 0 Å². The second-order valence-corrected chi connectivity index (χ2v) is 3.61. The van der Waals surface area contributed by atoms with Crippen LogP contribution in [-0.2, 0) is 7.05 Å². The molecule has 0 aliphatic rings. The first-order valence-electron chi connectivity index (χ1n) is 5.16. The Kier molecular flexibility index (Phi) is 2.96. The van der Waals surface area contributed by atoms with Crippen molar-refractivity contribution >= 4 is 16.8 Å². The monoisotopic (exact) mass is 222 g/mol. The summed E-state index contributed by atoms with van der Waals surface area (Å²) in [6.45, 7) is 0.856. The third kappa shape index (κ3) is 1.94. The van der Waals surface area contributed by atoms with Gasteiger partial charge in [-0.05, 0) is 18.6 Å². The van der Waals surface area contributed by atoms with Crippen molar-refractivity contribution in [2.45, 2.75) is 6.42 Å². The lowest BCUT2D eigenvalue weighted by Crippen LogP contribution is -2.08. The van der Waals surface area contributed by atoms with Crippen LogP contribution in [-0.4, -0.2) is 22.8 Å². The minimum atomic E-state index is -0.359. The summed E-state index contributed by atoms with van der Waals surface area (Å²) in [5.41, 5.74) is 2.23. The number of nitrogens with zero attached hydrogens (tertiary/aromatic N) is 1. The number of anilines is 1. The highest BCUT2D eigenvalue weighted by molar-refractivity contribution is 5.77. The van der Waals surface area contributed by atoms with Gasteiger partial charge >= 0.3 is 5.76 Å². The van der Waals surface area contributed by atoms with Crippen LogP contribution in [0.2, 0.25) is 0 Å². The Hall–Kier alpha value is -1.75. The van der Waals surface area contributed by atoms with Crippen molar-refractivity contribution in [2.75, 3.05) is 18.5 Å². The van der Waals surface area contributed by atoms with Crippen LogP contribution in [0.15, 0.2) is 27.4 Å². The zero-order chi connectivity index (χ0) is 11.5. The van der Waals surface area contributed by atoms with Crippen molar-refractivity contribution < 1.29 is 9.52 Å². The number of fused-ring (bicyclic) bond motifs is 1. The Balaban J connectivity index is 2.27. The van der Waals surface area contributed by atoms with E-state index in [1.165, 1.54) is 4.57 Å². The molecule has 2 rings (SSSR count). The Bertz CT molecular complexity index is 542. The molecule has 0 radical (unpaired) electrons. The van der Waals surface area contributed by atoms with Gasteiger partial charge in [0.1, 0.15) is 0 Å². The first-order chi connectivity index (χ1) is 7.72. The van der Waals surface area contributed by atoms with Gasteiger partial charge in [-0.25, -0.2) is 4.79 Å². The van der Waals surface area contributed by atoms with E-state index in [1.807, 2.05) is 12.1 Å². The average molecular weight is 222 g/mol. The van der Waals surface area contributed by atoms with E-state index in [1.54, 1.807) is 13.1 Å². The van der Waals surface area contributed by atoms with E-state index in [0.29, 0.717) is 18.5 Å². The number of nitrogens with one attached hydrogen (secondary N) is 1. The number of aliphatic hydroxyl groups excluding tert-OH is 1. The molecular formula is C11H14N2O3. The number of aromatic nitrogens is 1. The zero-order valence-corrected chi connectivity index (χ0v) is 9.06. The molecule has 1 aromatic carbocycles. The summed E-state index contributed by atoms with van der Waals surface area (Å²) < 4.78 is 6.53. The van der Waals surface area contributed by atoms with E-state index in [0.717, 1.165) is 11.2 Å². The largest absolute Gasteiger partial charge is 0.419 e. The van der Waals surface area contributed by atoms with Gasteiger partial charge in [0.05, 0.1) is 5.52 Å². The quantitative estimate of drug-likeness (QED) is 0.755. The summed E-state index contributed by atoms with van der Waals surface area (Å²) in [5.74, 6) is -0.359. The van der Waals surface area contributed by atoms with Crippen LogP contribution in [0.4, 0.5) is 5.69 Å². The molecule has 16 heavy (non-hydrogen) atoms. The van der Waals surface area contributed by atoms with Crippen molar-refractivity contribution in [1.82, 2.24) is 4.57 Å². The number of benzene rings is 1. The smallest absolute Gasteiger partial charge is 0.408 e. The number of hydrogen-bond acceptors (Lipinski definition) is 4. The summed E-state index contributed by atoms with van der Waals surface area (Å²) in [4.78, 5) is 11.3. The lowest BCUT2D eigenvalue weighted by atomic mass is 10.3. The van der Waals surface area contributed by atoms with Crippen LogP contribution in [0.1, 0.15) is 6.42 Å². The molecule has 0 bridgehead atoms. The van der Waals surface area contributed by atoms with Crippen molar-refractivity contribution in [3.05, 3.63) is 28.7 Å². The standard InChI is InChI=1S/C11H14N2O3/c1-13-9-4-3-8(12-5-2-6-14)7-10(9)16-11(13)15/h3-4,7,12,14H,2,5-6H2,1H3. The predicted octanol–water partition coefficient (Wildman–Crippen LogP) is 0.926. The van der Waals surface area contributed by atoms with E-state index >= 15 is 0 Å². The molecule has 2 N–H and O–H groups in total. The summed E-state index contributed by atoms with van der Waals surface area (Å²) in [6, 6.07) is 5.50. The van der Waals surface area contributed by atoms with Gasteiger partial charge in [-0.15, -0.1) is 0 Å². The van der Waals surface area contributed by atoms with Crippen LogP contribution < -0.4 is 11.1 Å². The summed E-state index contributed by atoms with van der Waals surface area (Å²) in [6.07, 6.45) is 0.691. The molecule has 2 aromatic rings. The van der Waals surface area contributed by atoms with E-state index in [-0.39, 0.29) is 12.4 Å². The van der Waals surface area contributed by atoms with E-state index < -0.39 is 0 Å². The van der Waals surface area contributed by atoms with E-state index in [9.17, 15) is 4.79 Å². The second-order valence-electron chi connectivity index (χ2n) is 3.61. The van der Waals surface area contributed by atoms with Gasteiger partial charge in [-0.2, -0.15) is 0 Å². The van der Waals surface area contributed by atoms with Gasteiger partial charge in [0.25, 0.3) is 0 Å². The Morgan fingerprint density at radius 3 is 3.06 bits per heavy atom. The maximum absolute atomic E-state index is 11.3. The van der Waals surface area contributed by atoms with Crippen molar-refractivity contribution in [2.24, 2.45) is 7.05 Å². The topological polar surface area (TPSA) is 67.4 Å². The van der Waals surface area contributed by atoms with Crippen LogP contribution in [0.3, 0.4) is 0 Å². The molecule has 0 spiro atoms. The van der Waals surface area contributed by atoms with Gasteiger partial charge < -0.3 is 14.8 Å². The Labute approximate surface area is 92.3 Å². The van der Waals surface area contributed by atoms with Crippen LogP contribution >= 0.6 is 0 Å². The molecular weight excluding hydrogens is 208 g/mol. The number of aryl methyl sites for hydroxylation is 1. The van der Waals surface area contributed by atoms with Gasteiger partial charge in [-0.1, -0.05) is 0 Å². The highest BCUT2D eigenvalue weighted by Gasteiger charge is 2.05. The Morgan fingerprint density at radius 1 is 1.50 bits per heavy atom. The minimum absolute atomic E-state index is 0.162.